The minimum absolute atomic E-state index is 0.650. The van der Waals surface area contributed by atoms with Crippen LogP contribution in [-0.4, -0.2) is 4.98 Å². The zero-order valence-corrected chi connectivity index (χ0v) is 31.8. The molecule has 12 rings (SSSR count). The Hall–Kier alpha value is -8.06. The lowest BCUT2D eigenvalue weighted by atomic mass is 9.86. The Labute approximate surface area is 340 Å². The summed E-state index contributed by atoms with van der Waals surface area (Å²) >= 11 is 0. The van der Waals surface area contributed by atoms with Crippen LogP contribution in [-0.2, 0) is 0 Å². The van der Waals surface area contributed by atoms with E-state index in [1.807, 2.05) is 30.3 Å². The van der Waals surface area contributed by atoms with Gasteiger partial charge in [0.25, 0.3) is 0 Å². The van der Waals surface area contributed by atoms with Crippen LogP contribution in [0.15, 0.2) is 199 Å². The maximum atomic E-state index is 9.61. The molecule has 272 valence electrons. The number of aromatic nitrogens is 1. The van der Waals surface area contributed by atoms with Gasteiger partial charge in [-0.1, -0.05) is 158 Å². The Kier molecular flexibility index (Phi) is 7.29. The molecule has 0 saturated carbocycles. The molecular formula is C56H32N2O. The van der Waals surface area contributed by atoms with E-state index in [0.717, 1.165) is 83.0 Å². The second-order valence-corrected chi connectivity index (χ2v) is 15.3. The van der Waals surface area contributed by atoms with Gasteiger partial charge in [0.15, 0.2) is 0 Å². The van der Waals surface area contributed by atoms with E-state index in [9.17, 15) is 5.26 Å². The Balaban J connectivity index is 1.11. The van der Waals surface area contributed by atoms with E-state index in [0.29, 0.717) is 5.56 Å². The van der Waals surface area contributed by atoms with Crippen molar-refractivity contribution >= 4 is 43.5 Å². The highest BCUT2D eigenvalue weighted by Crippen LogP contribution is 2.53. The molecule has 0 spiro atoms. The van der Waals surface area contributed by atoms with Gasteiger partial charge in [0, 0.05) is 21.9 Å². The zero-order valence-electron chi connectivity index (χ0n) is 31.8. The summed E-state index contributed by atoms with van der Waals surface area (Å²) in [5.41, 5.74) is 18.1. The first-order valence-electron chi connectivity index (χ1n) is 19.9. The van der Waals surface area contributed by atoms with Crippen molar-refractivity contribution in [2.24, 2.45) is 0 Å². The van der Waals surface area contributed by atoms with Gasteiger partial charge in [-0.3, -0.25) is 0 Å². The van der Waals surface area contributed by atoms with Gasteiger partial charge in [0.1, 0.15) is 11.2 Å². The minimum atomic E-state index is 0.650. The third kappa shape index (κ3) is 5.11. The van der Waals surface area contributed by atoms with E-state index in [1.54, 1.807) is 0 Å². The van der Waals surface area contributed by atoms with Crippen molar-refractivity contribution in [3.05, 3.63) is 200 Å². The highest BCUT2D eigenvalue weighted by atomic mass is 16.3. The van der Waals surface area contributed by atoms with Crippen molar-refractivity contribution in [2.45, 2.75) is 0 Å². The van der Waals surface area contributed by atoms with E-state index in [2.05, 4.69) is 170 Å². The average molecular weight is 749 g/mol. The summed E-state index contributed by atoms with van der Waals surface area (Å²) in [4.78, 5) is 5.50. The van der Waals surface area contributed by atoms with Gasteiger partial charge >= 0.3 is 0 Å². The fraction of sp³-hybridized carbons (Fsp3) is 0. The zero-order chi connectivity index (χ0) is 39.0. The molecule has 0 bridgehead atoms. The molecule has 2 aromatic heterocycles. The molecule has 1 aliphatic carbocycles. The fourth-order valence-corrected chi connectivity index (χ4v) is 9.44. The summed E-state index contributed by atoms with van der Waals surface area (Å²) in [5.74, 6) is 0. The Morgan fingerprint density at radius 3 is 1.59 bits per heavy atom. The van der Waals surface area contributed by atoms with Crippen molar-refractivity contribution in [1.29, 1.82) is 5.26 Å². The summed E-state index contributed by atoms with van der Waals surface area (Å²) in [6.07, 6.45) is 0. The monoisotopic (exact) mass is 748 g/mol. The Morgan fingerprint density at radius 1 is 0.339 bits per heavy atom. The highest BCUT2D eigenvalue weighted by Gasteiger charge is 2.26. The fourth-order valence-electron chi connectivity index (χ4n) is 9.44. The largest absolute Gasteiger partial charge is 0.456 e. The second-order valence-electron chi connectivity index (χ2n) is 15.3. The summed E-state index contributed by atoms with van der Waals surface area (Å²) in [5, 5.41) is 16.5. The molecule has 0 radical (unpaired) electrons. The standard InChI is InChI=1S/C56H32N2O/c57-33-34-21-23-36(24-22-34)38-25-28-45-41-15-6-7-16-42(41)46-29-30-47(55(38)56(45)46)43-26-27-44(40-14-5-4-13-39(40)43)50-31-37(35-11-2-1-3-12-35)32-51(58-50)48-18-10-20-53-54(48)49-17-8-9-19-52(49)59-53/h1-32H. The predicted octanol–water partition coefficient (Wildman–Crippen LogP) is 15.1. The van der Waals surface area contributed by atoms with Crippen molar-refractivity contribution in [2.75, 3.05) is 0 Å². The van der Waals surface area contributed by atoms with Gasteiger partial charge in [-0.25, -0.2) is 4.98 Å². The maximum Gasteiger partial charge on any atom is 0.136 e. The lowest BCUT2D eigenvalue weighted by Crippen LogP contribution is -1.94. The number of hydrogen-bond donors (Lipinski definition) is 0. The molecule has 9 aromatic carbocycles. The Bertz CT molecular complexity index is 3520. The smallest absolute Gasteiger partial charge is 0.136 e. The third-order valence-electron chi connectivity index (χ3n) is 12.1. The topological polar surface area (TPSA) is 49.8 Å². The first-order valence-corrected chi connectivity index (χ1v) is 19.9. The first kappa shape index (κ1) is 33.1. The van der Waals surface area contributed by atoms with Crippen molar-refractivity contribution in [3.63, 3.8) is 0 Å². The quantitative estimate of drug-likeness (QED) is 0.176. The molecule has 11 aromatic rings. The van der Waals surface area contributed by atoms with E-state index >= 15 is 0 Å². The summed E-state index contributed by atoms with van der Waals surface area (Å²) in [6.45, 7) is 0. The van der Waals surface area contributed by atoms with Crippen molar-refractivity contribution in [1.82, 2.24) is 4.98 Å². The number of pyridine rings is 1. The van der Waals surface area contributed by atoms with Crippen LogP contribution in [0.5, 0.6) is 0 Å². The molecule has 0 N–H and O–H groups in total. The second kappa shape index (κ2) is 13.0. The number of para-hydroxylation sites is 1. The lowest BCUT2D eigenvalue weighted by molar-refractivity contribution is 0.669. The summed E-state index contributed by atoms with van der Waals surface area (Å²) in [7, 11) is 0. The summed E-state index contributed by atoms with van der Waals surface area (Å²) < 4.78 is 6.33. The van der Waals surface area contributed by atoms with Gasteiger partial charge < -0.3 is 4.42 Å². The highest BCUT2D eigenvalue weighted by molar-refractivity contribution is 6.24. The van der Waals surface area contributed by atoms with Crippen LogP contribution in [0.1, 0.15) is 5.56 Å². The molecule has 3 nitrogen and oxygen atoms in total. The molecule has 0 unspecified atom stereocenters. The molecule has 0 aliphatic heterocycles. The number of furan rings is 1. The number of nitriles is 1. The van der Waals surface area contributed by atoms with Crippen LogP contribution in [0.2, 0.25) is 0 Å². The minimum Gasteiger partial charge on any atom is -0.456 e. The first-order chi connectivity index (χ1) is 29.2. The molecular weight excluding hydrogens is 717 g/mol. The van der Waals surface area contributed by atoms with Crippen LogP contribution in [0, 0.1) is 11.3 Å². The lowest BCUT2D eigenvalue weighted by Gasteiger charge is -2.18. The van der Waals surface area contributed by atoms with E-state index in [4.69, 9.17) is 9.40 Å². The molecule has 0 saturated heterocycles. The van der Waals surface area contributed by atoms with Crippen LogP contribution >= 0.6 is 0 Å². The van der Waals surface area contributed by atoms with Gasteiger partial charge in [0.2, 0.25) is 0 Å². The molecule has 0 fully saturated rings. The number of rotatable bonds is 5. The van der Waals surface area contributed by atoms with Crippen LogP contribution < -0.4 is 0 Å². The van der Waals surface area contributed by atoms with Crippen molar-refractivity contribution in [3.8, 4) is 84.2 Å². The van der Waals surface area contributed by atoms with E-state index < -0.39 is 0 Å². The van der Waals surface area contributed by atoms with Crippen molar-refractivity contribution < 1.29 is 4.42 Å². The van der Waals surface area contributed by atoms with Gasteiger partial charge in [-0.15, -0.1) is 0 Å². The van der Waals surface area contributed by atoms with Gasteiger partial charge in [-0.2, -0.15) is 5.26 Å². The molecule has 1 aliphatic rings. The van der Waals surface area contributed by atoms with Gasteiger partial charge in [-0.05, 0) is 114 Å². The van der Waals surface area contributed by atoms with Gasteiger partial charge in [0.05, 0.1) is 23.0 Å². The van der Waals surface area contributed by atoms with E-state index in [1.165, 1.54) is 38.6 Å². The van der Waals surface area contributed by atoms with Crippen LogP contribution in [0.25, 0.3) is 122 Å². The Morgan fingerprint density at radius 2 is 0.864 bits per heavy atom. The number of benzene rings is 9. The number of nitrogens with zero attached hydrogens (tertiary/aromatic N) is 2. The molecule has 3 heteroatoms. The molecule has 2 heterocycles. The molecule has 0 amide bonds. The molecule has 0 atom stereocenters. The number of hydrogen-bond acceptors (Lipinski definition) is 3. The van der Waals surface area contributed by atoms with Crippen LogP contribution in [0.3, 0.4) is 0 Å². The maximum absolute atomic E-state index is 9.61. The normalized spacial score (nSPS) is 11.7. The van der Waals surface area contributed by atoms with E-state index in [-0.39, 0.29) is 0 Å². The summed E-state index contributed by atoms with van der Waals surface area (Å²) in [6, 6.07) is 70.9. The third-order valence-corrected chi connectivity index (χ3v) is 12.1. The average Bonchev–Trinajstić information content (AvgIpc) is 3.86. The number of fused-ring (bicyclic) bond motifs is 7. The SMILES string of the molecule is N#Cc1ccc(-c2ccc3c4c(ccc(-c5ccc(-c6cc(-c7ccccc7)cc(-c7cccc8oc9ccccc9c78)n6)c6ccccc56)c24)-c2ccccc2-3)cc1. The molecule has 59 heavy (non-hydrogen) atoms. The van der Waals surface area contributed by atoms with Crippen LogP contribution in [0.4, 0.5) is 0 Å². The predicted molar refractivity (Wildman–Crippen MR) is 243 cm³/mol.